The van der Waals surface area contributed by atoms with Crippen LogP contribution in [0, 0.1) is 11.6 Å². The lowest BCUT2D eigenvalue weighted by Gasteiger charge is -2.20. The smallest absolute Gasteiger partial charge is 0.132 e. The fourth-order valence-electron chi connectivity index (χ4n) is 2.08. The number of hydrogen-bond donors (Lipinski definition) is 1. The number of halogens is 4. The molecule has 0 amide bonds. The lowest BCUT2D eigenvalue weighted by molar-refractivity contribution is 0.509. The van der Waals surface area contributed by atoms with Gasteiger partial charge in [-0.2, -0.15) is 0 Å². The van der Waals surface area contributed by atoms with E-state index in [4.69, 9.17) is 11.6 Å². The molecule has 0 fully saturated rings. The van der Waals surface area contributed by atoms with Gasteiger partial charge in [0, 0.05) is 15.1 Å². The van der Waals surface area contributed by atoms with Crippen LogP contribution in [0.3, 0.4) is 0 Å². The number of nitrogens with one attached hydrogen (secondary N) is 1. The van der Waals surface area contributed by atoms with Gasteiger partial charge in [-0.05, 0) is 36.4 Å². The minimum absolute atomic E-state index is 0.0115. The number of benzene rings is 2. The van der Waals surface area contributed by atoms with Gasteiger partial charge in [0.05, 0.1) is 6.04 Å². The van der Waals surface area contributed by atoms with Crippen molar-refractivity contribution in [3.05, 3.63) is 68.7 Å². The van der Waals surface area contributed by atoms with Crippen LogP contribution in [0.4, 0.5) is 8.78 Å². The first-order valence-corrected chi connectivity index (χ1v) is 7.33. The summed E-state index contributed by atoms with van der Waals surface area (Å²) in [7, 11) is 0. The molecule has 1 atom stereocenters. The van der Waals surface area contributed by atoms with E-state index in [0.29, 0.717) is 16.0 Å². The topological polar surface area (TPSA) is 12.0 Å². The molecule has 0 aliphatic carbocycles. The molecule has 0 saturated heterocycles. The molecule has 0 saturated carbocycles. The molecule has 0 heterocycles. The molecule has 0 radical (unpaired) electrons. The van der Waals surface area contributed by atoms with Crippen molar-refractivity contribution in [2.75, 3.05) is 6.54 Å². The van der Waals surface area contributed by atoms with Crippen molar-refractivity contribution >= 4 is 27.5 Å². The number of hydrogen-bond acceptors (Lipinski definition) is 1. The average molecular weight is 361 g/mol. The lowest BCUT2D eigenvalue weighted by atomic mass is 9.97. The predicted molar refractivity (Wildman–Crippen MR) is 81.0 cm³/mol. The second-order valence-electron chi connectivity index (χ2n) is 4.33. The molecular weight excluding hydrogens is 348 g/mol. The maximum Gasteiger partial charge on any atom is 0.132 e. The summed E-state index contributed by atoms with van der Waals surface area (Å²) in [5.74, 6) is -1.17. The maximum absolute atomic E-state index is 14.1. The van der Waals surface area contributed by atoms with Crippen LogP contribution in [0.2, 0.25) is 5.02 Å². The third-order valence-electron chi connectivity index (χ3n) is 2.94. The molecule has 1 nitrogen and oxygen atoms in total. The highest BCUT2D eigenvalue weighted by Crippen LogP contribution is 2.30. The van der Waals surface area contributed by atoms with Gasteiger partial charge < -0.3 is 5.32 Å². The molecule has 1 unspecified atom stereocenters. The summed E-state index contributed by atoms with van der Waals surface area (Å²) in [6.07, 6.45) is 0. The van der Waals surface area contributed by atoms with Gasteiger partial charge in [-0.1, -0.05) is 46.6 Å². The molecule has 20 heavy (non-hydrogen) atoms. The molecule has 0 bridgehead atoms. The Bertz CT molecular complexity index is 578. The first kappa shape index (κ1) is 15.4. The van der Waals surface area contributed by atoms with Crippen LogP contribution in [0.1, 0.15) is 24.1 Å². The van der Waals surface area contributed by atoms with E-state index < -0.39 is 17.7 Å². The van der Waals surface area contributed by atoms with Crippen molar-refractivity contribution in [3.8, 4) is 0 Å². The molecule has 106 valence electrons. The Morgan fingerprint density at radius 2 is 1.70 bits per heavy atom. The fraction of sp³-hybridized carbons (Fsp3) is 0.200. The van der Waals surface area contributed by atoms with Crippen LogP contribution in [0.15, 0.2) is 40.9 Å². The Morgan fingerprint density at radius 1 is 1.15 bits per heavy atom. The quantitative estimate of drug-likeness (QED) is 0.802. The van der Waals surface area contributed by atoms with E-state index in [1.165, 1.54) is 12.1 Å². The van der Waals surface area contributed by atoms with E-state index in [1.54, 1.807) is 24.3 Å². The van der Waals surface area contributed by atoms with Gasteiger partial charge in [0.25, 0.3) is 0 Å². The van der Waals surface area contributed by atoms with Crippen LogP contribution in [0.25, 0.3) is 0 Å². The Kier molecular flexibility index (Phi) is 5.13. The van der Waals surface area contributed by atoms with E-state index in [2.05, 4.69) is 21.2 Å². The molecule has 2 aromatic carbocycles. The summed E-state index contributed by atoms with van der Waals surface area (Å²) in [5, 5.41) is 3.68. The molecule has 0 aromatic heterocycles. The Hall–Kier alpha value is -0.970. The van der Waals surface area contributed by atoms with Crippen molar-refractivity contribution < 1.29 is 8.78 Å². The fourth-order valence-corrected chi connectivity index (χ4v) is 2.60. The highest BCUT2D eigenvalue weighted by molar-refractivity contribution is 9.10. The monoisotopic (exact) mass is 359 g/mol. The first-order chi connectivity index (χ1) is 9.52. The molecule has 0 aliphatic heterocycles. The third kappa shape index (κ3) is 3.37. The number of rotatable bonds is 4. The zero-order valence-electron chi connectivity index (χ0n) is 10.8. The Morgan fingerprint density at radius 3 is 2.20 bits per heavy atom. The van der Waals surface area contributed by atoms with Gasteiger partial charge in [0.1, 0.15) is 11.6 Å². The van der Waals surface area contributed by atoms with Crippen LogP contribution in [-0.4, -0.2) is 6.54 Å². The van der Waals surface area contributed by atoms with E-state index in [9.17, 15) is 8.78 Å². The third-order valence-corrected chi connectivity index (χ3v) is 3.65. The first-order valence-electron chi connectivity index (χ1n) is 6.16. The molecule has 5 heteroatoms. The van der Waals surface area contributed by atoms with E-state index in [0.717, 1.165) is 5.56 Å². The van der Waals surface area contributed by atoms with E-state index in [-0.39, 0.29) is 5.56 Å². The summed E-state index contributed by atoms with van der Waals surface area (Å²) < 4.78 is 28.6. The largest absolute Gasteiger partial charge is 0.306 e. The highest BCUT2D eigenvalue weighted by Gasteiger charge is 2.21. The minimum atomic E-state index is -0.585. The molecule has 0 spiro atoms. The molecule has 2 rings (SSSR count). The van der Waals surface area contributed by atoms with Crippen molar-refractivity contribution in [2.45, 2.75) is 13.0 Å². The lowest BCUT2D eigenvalue weighted by Crippen LogP contribution is -2.24. The highest BCUT2D eigenvalue weighted by atomic mass is 79.9. The van der Waals surface area contributed by atoms with Crippen molar-refractivity contribution in [1.82, 2.24) is 5.32 Å². The van der Waals surface area contributed by atoms with Crippen molar-refractivity contribution in [3.63, 3.8) is 0 Å². The summed E-state index contributed by atoms with van der Waals surface area (Å²) in [4.78, 5) is 0. The van der Waals surface area contributed by atoms with Crippen LogP contribution >= 0.6 is 27.5 Å². The summed E-state index contributed by atoms with van der Waals surface area (Å²) >= 11 is 8.93. The minimum Gasteiger partial charge on any atom is -0.306 e. The van der Waals surface area contributed by atoms with Gasteiger partial charge >= 0.3 is 0 Å². The SMILES string of the molecule is CCNC(c1ccc(Cl)cc1)c1c(F)cc(Br)cc1F. The van der Waals surface area contributed by atoms with Crippen molar-refractivity contribution in [2.24, 2.45) is 0 Å². The molecule has 0 aliphatic rings. The maximum atomic E-state index is 14.1. The van der Waals surface area contributed by atoms with Crippen molar-refractivity contribution in [1.29, 1.82) is 0 Å². The Balaban J connectivity index is 2.51. The van der Waals surface area contributed by atoms with Gasteiger partial charge in [-0.25, -0.2) is 8.78 Å². The summed E-state index contributed by atoms with van der Waals surface area (Å²) in [6, 6.07) is 8.90. The summed E-state index contributed by atoms with van der Waals surface area (Å²) in [5.41, 5.74) is 0.772. The van der Waals surface area contributed by atoms with Gasteiger partial charge in [0.15, 0.2) is 0 Å². The normalized spacial score (nSPS) is 12.4. The van der Waals surface area contributed by atoms with Gasteiger partial charge in [0.2, 0.25) is 0 Å². The standard InChI is InChI=1S/C15H13BrClF2N/c1-2-20-15(9-3-5-11(17)6-4-9)14-12(18)7-10(16)8-13(14)19/h3-8,15,20H,2H2,1H3. The van der Waals surface area contributed by atoms with Crippen LogP contribution in [0.5, 0.6) is 0 Å². The average Bonchev–Trinajstić information content (AvgIpc) is 2.37. The zero-order valence-corrected chi connectivity index (χ0v) is 13.1. The van der Waals surface area contributed by atoms with Crippen LogP contribution < -0.4 is 5.32 Å². The van der Waals surface area contributed by atoms with E-state index in [1.807, 2.05) is 6.92 Å². The molecule has 1 N–H and O–H groups in total. The second kappa shape index (κ2) is 6.66. The second-order valence-corrected chi connectivity index (χ2v) is 5.68. The zero-order chi connectivity index (χ0) is 14.7. The summed E-state index contributed by atoms with van der Waals surface area (Å²) in [6.45, 7) is 2.47. The van der Waals surface area contributed by atoms with Crippen LogP contribution in [-0.2, 0) is 0 Å². The van der Waals surface area contributed by atoms with E-state index >= 15 is 0 Å². The van der Waals surface area contributed by atoms with Gasteiger partial charge in [-0.3, -0.25) is 0 Å². The molecule has 2 aromatic rings. The Labute approximate surface area is 130 Å². The van der Waals surface area contributed by atoms with Gasteiger partial charge in [-0.15, -0.1) is 0 Å². The predicted octanol–water partition coefficient (Wildman–Crippen LogP) is 5.08. The molecular formula is C15H13BrClF2N.